The van der Waals surface area contributed by atoms with Crippen molar-refractivity contribution in [2.45, 2.75) is 32.4 Å². The first-order valence-corrected chi connectivity index (χ1v) is 6.89. The summed E-state index contributed by atoms with van der Waals surface area (Å²) >= 11 is 0. The van der Waals surface area contributed by atoms with Gasteiger partial charge in [0, 0.05) is 11.5 Å². The maximum Gasteiger partial charge on any atom is 0.0956 e. The molecule has 0 radical (unpaired) electrons. The molecule has 1 aliphatic carbocycles. The van der Waals surface area contributed by atoms with Crippen LogP contribution in [0, 0.1) is 11.3 Å². The predicted molar refractivity (Wildman–Crippen MR) is 73.7 cm³/mol. The first kappa shape index (κ1) is 11.2. The Morgan fingerprint density at radius 2 is 2.11 bits per heavy atom. The van der Waals surface area contributed by atoms with Crippen LogP contribution in [0.2, 0.25) is 0 Å². The van der Waals surface area contributed by atoms with Crippen molar-refractivity contribution < 1.29 is 5.11 Å². The molecule has 3 atom stereocenters. The van der Waals surface area contributed by atoms with E-state index in [0.717, 1.165) is 6.42 Å². The molecule has 1 aromatic heterocycles. The van der Waals surface area contributed by atoms with Gasteiger partial charge in [-0.2, -0.15) is 0 Å². The molecular formula is C16H18N2O. The molecule has 1 aliphatic heterocycles. The summed E-state index contributed by atoms with van der Waals surface area (Å²) in [6.07, 6.45) is 4.65. The Kier molecular flexibility index (Phi) is 2.06. The molecule has 0 bridgehead atoms. The standard InChI is InChI=1S/C16H18N2O/c1-16(2)7-12(15(16)19)14-11-6-4-3-5-10(11)13-8-17-9-18(13)14/h3-6,8-9,12,14-15,19H,7H2,1-2H3/t12-,14?,15+/m0/s1. The molecular weight excluding hydrogens is 236 g/mol. The highest BCUT2D eigenvalue weighted by Gasteiger charge is 2.52. The highest BCUT2D eigenvalue weighted by Crippen LogP contribution is 2.55. The quantitative estimate of drug-likeness (QED) is 0.849. The van der Waals surface area contributed by atoms with Gasteiger partial charge in [-0.1, -0.05) is 38.1 Å². The molecule has 1 aromatic carbocycles. The molecule has 19 heavy (non-hydrogen) atoms. The number of nitrogens with zero attached hydrogens (tertiary/aromatic N) is 2. The number of aliphatic hydroxyl groups excluding tert-OH is 1. The Hall–Kier alpha value is -1.61. The van der Waals surface area contributed by atoms with Crippen LogP contribution in [0.25, 0.3) is 11.3 Å². The van der Waals surface area contributed by atoms with E-state index in [4.69, 9.17) is 0 Å². The van der Waals surface area contributed by atoms with Crippen molar-refractivity contribution in [2.75, 3.05) is 0 Å². The van der Waals surface area contributed by atoms with Crippen molar-refractivity contribution in [2.24, 2.45) is 11.3 Å². The average Bonchev–Trinajstić information content (AvgIpc) is 2.96. The van der Waals surface area contributed by atoms with Crippen molar-refractivity contribution in [3.63, 3.8) is 0 Å². The fraction of sp³-hybridized carbons (Fsp3) is 0.438. The summed E-state index contributed by atoms with van der Waals surface area (Å²) in [5, 5.41) is 10.5. The van der Waals surface area contributed by atoms with Crippen LogP contribution in [0.1, 0.15) is 31.9 Å². The van der Waals surface area contributed by atoms with Gasteiger partial charge in [-0.25, -0.2) is 4.98 Å². The van der Waals surface area contributed by atoms with Gasteiger partial charge in [-0.05, 0) is 17.4 Å². The monoisotopic (exact) mass is 254 g/mol. The molecule has 0 amide bonds. The smallest absolute Gasteiger partial charge is 0.0956 e. The number of aromatic nitrogens is 2. The van der Waals surface area contributed by atoms with Crippen LogP contribution >= 0.6 is 0 Å². The summed E-state index contributed by atoms with van der Waals surface area (Å²) in [4.78, 5) is 4.28. The number of rotatable bonds is 1. The van der Waals surface area contributed by atoms with E-state index in [2.05, 4.69) is 47.7 Å². The Morgan fingerprint density at radius 1 is 1.32 bits per heavy atom. The zero-order valence-corrected chi connectivity index (χ0v) is 11.2. The highest BCUT2D eigenvalue weighted by atomic mass is 16.3. The number of hydrogen-bond donors (Lipinski definition) is 1. The Balaban J connectivity index is 1.82. The van der Waals surface area contributed by atoms with E-state index >= 15 is 0 Å². The minimum atomic E-state index is -0.237. The van der Waals surface area contributed by atoms with Crippen LogP contribution in [0.4, 0.5) is 0 Å². The topological polar surface area (TPSA) is 38.0 Å². The minimum absolute atomic E-state index is 0.0446. The van der Waals surface area contributed by atoms with E-state index in [0.29, 0.717) is 5.92 Å². The maximum atomic E-state index is 10.5. The van der Waals surface area contributed by atoms with Gasteiger partial charge >= 0.3 is 0 Å². The van der Waals surface area contributed by atoms with Gasteiger partial charge < -0.3 is 9.67 Å². The van der Waals surface area contributed by atoms with Gasteiger partial charge in [0.15, 0.2) is 0 Å². The van der Waals surface area contributed by atoms with Gasteiger partial charge in [-0.15, -0.1) is 0 Å². The Morgan fingerprint density at radius 3 is 2.84 bits per heavy atom. The van der Waals surface area contributed by atoms with E-state index in [9.17, 15) is 5.11 Å². The van der Waals surface area contributed by atoms with Gasteiger partial charge in [0.25, 0.3) is 0 Å². The normalized spacial score (nSPS) is 30.6. The molecule has 1 N–H and O–H groups in total. The van der Waals surface area contributed by atoms with Crippen molar-refractivity contribution in [3.8, 4) is 11.3 Å². The largest absolute Gasteiger partial charge is 0.392 e. The summed E-state index contributed by atoms with van der Waals surface area (Å²) < 4.78 is 2.23. The molecule has 1 unspecified atom stereocenters. The lowest BCUT2D eigenvalue weighted by Crippen LogP contribution is -2.51. The molecule has 98 valence electrons. The van der Waals surface area contributed by atoms with Crippen LogP contribution in [-0.4, -0.2) is 20.8 Å². The summed E-state index contributed by atoms with van der Waals surface area (Å²) in [6, 6.07) is 8.74. The zero-order chi connectivity index (χ0) is 13.2. The van der Waals surface area contributed by atoms with Crippen LogP contribution in [-0.2, 0) is 0 Å². The number of fused-ring (bicyclic) bond motifs is 3. The number of aliphatic hydroxyl groups is 1. The van der Waals surface area contributed by atoms with Gasteiger partial charge in [-0.3, -0.25) is 0 Å². The lowest BCUT2D eigenvalue weighted by atomic mass is 9.58. The molecule has 4 rings (SSSR count). The maximum absolute atomic E-state index is 10.5. The second-order valence-electron chi connectivity index (χ2n) is 6.52. The van der Waals surface area contributed by atoms with Gasteiger partial charge in [0.1, 0.15) is 0 Å². The van der Waals surface area contributed by atoms with Gasteiger partial charge in [0.05, 0.1) is 30.4 Å². The van der Waals surface area contributed by atoms with E-state index in [1.165, 1.54) is 16.8 Å². The number of benzene rings is 1. The summed E-state index contributed by atoms with van der Waals surface area (Å²) in [5.41, 5.74) is 3.82. The molecule has 1 saturated carbocycles. The fourth-order valence-electron chi connectivity index (χ4n) is 3.85. The zero-order valence-electron chi connectivity index (χ0n) is 11.2. The van der Waals surface area contributed by atoms with E-state index in [1.807, 2.05) is 12.5 Å². The molecule has 1 fully saturated rings. The lowest BCUT2D eigenvalue weighted by molar-refractivity contribution is -0.112. The highest BCUT2D eigenvalue weighted by molar-refractivity contribution is 5.69. The van der Waals surface area contributed by atoms with E-state index in [1.54, 1.807) is 0 Å². The number of imidazole rings is 1. The SMILES string of the molecule is CC1(C)C[C@@H](C2c3ccccc3-c3cncn32)[C@H]1O. The Labute approximate surface area is 112 Å². The predicted octanol–water partition coefficient (Wildman–Crippen LogP) is 2.86. The fourth-order valence-corrected chi connectivity index (χ4v) is 3.85. The van der Waals surface area contributed by atoms with Crippen molar-refractivity contribution in [1.82, 2.24) is 9.55 Å². The van der Waals surface area contributed by atoms with Crippen LogP contribution in [0.15, 0.2) is 36.8 Å². The Bertz CT molecular complexity index is 644. The molecule has 3 nitrogen and oxygen atoms in total. The third-order valence-electron chi connectivity index (χ3n) is 4.89. The van der Waals surface area contributed by atoms with Crippen LogP contribution < -0.4 is 0 Å². The van der Waals surface area contributed by atoms with E-state index in [-0.39, 0.29) is 17.6 Å². The lowest BCUT2D eigenvalue weighted by Gasteiger charge is -2.51. The van der Waals surface area contributed by atoms with Crippen molar-refractivity contribution in [3.05, 3.63) is 42.4 Å². The summed E-state index contributed by atoms with van der Waals surface area (Å²) in [6.45, 7) is 4.29. The molecule has 2 heterocycles. The molecule has 2 aromatic rings. The first-order chi connectivity index (χ1) is 9.09. The van der Waals surface area contributed by atoms with Crippen LogP contribution in [0.5, 0.6) is 0 Å². The summed E-state index contributed by atoms with van der Waals surface area (Å²) in [5.74, 6) is 0.298. The number of hydrogen-bond acceptors (Lipinski definition) is 2. The van der Waals surface area contributed by atoms with Crippen molar-refractivity contribution >= 4 is 0 Å². The first-order valence-electron chi connectivity index (χ1n) is 6.89. The molecule has 0 saturated heterocycles. The minimum Gasteiger partial charge on any atom is -0.392 e. The second-order valence-corrected chi connectivity index (χ2v) is 6.52. The third-order valence-corrected chi connectivity index (χ3v) is 4.89. The van der Waals surface area contributed by atoms with Crippen molar-refractivity contribution in [1.29, 1.82) is 0 Å². The second kappa shape index (κ2) is 3.48. The van der Waals surface area contributed by atoms with E-state index < -0.39 is 0 Å². The van der Waals surface area contributed by atoms with Gasteiger partial charge in [0.2, 0.25) is 0 Å². The molecule has 0 spiro atoms. The third kappa shape index (κ3) is 1.34. The van der Waals surface area contributed by atoms with Crippen LogP contribution in [0.3, 0.4) is 0 Å². The molecule has 3 heteroatoms. The average molecular weight is 254 g/mol. The summed E-state index contributed by atoms with van der Waals surface area (Å²) in [7, 11) is 0. The molecule has 2 aliphatic rings.